The Balaban J connectivity index is 1.98. The van der Waals surface area contributed by atoms with Crippen molar-refractivity contribution in [3.8, 4) is 0 Å². The number of benzene rings is 1. The van der Waals surface area contributed by atoms with Gasteiger partial charge in [-0.15, -0.1) is 0 Å². The standard InChI is InChI=1S/C13H14F2N4O3/c14-9-2-1-8(5-10(9)15)19-4-3-18(13(19)22)7-12(21)17-6-11(16)20/h1-2,5H,3-4,6-7H2,(H2,16,20)(H,17,21). The third kappa shape index (κ3) is 3.48. The number of nitrogens with two attached hydrogens (primary N) is 1. The van der Waals surface area contributed by atoms with Gasteiger partial charge >= 0.3 is 6.03 Å². The highest BCUT2D eigenvalue weighted by molar-refractivity contribution is 5.96. The van der Waals surface area contributed by atoms with E-state index in [4.69, 9.17) is 5.73 Å². The van der Waals surface area contributed by atoms with Crippen molar-refractivity contribution >= 4 is 23.5 Å². The number of nitrogens with one attached hydrogen (secondary N) is 1. The van der Waals surface area contributed by atoms with Crippen molar-refractivity contribution < 1.29 is 23.2 Å². The zero-order chi connectivity index (χ0) is 16.3. The minimum atomic E-state index is -1.05. The molecule has 1 aromatic carbocycles. The SMILES string of the molecule is NC(=O)CNC(=O)CN1CCN(c2ccc(F)c(F)c2)C1=O. The number of hydrogen-bond donors (Lipinski definition) is 2. The highest BCUT2D eigenvalue weighted by Gasteiger charge is 2.31. The van der Waals surface area contributed by atoms with Gasteiger partial charge in [0.15, 0.2) is 11.6 Å². The van der Waals surface area contributed by atoms with Crippen LogP contribution in [0.4, 0.5) is 19.3 Å². The molecular formula is C13H14F2N4O3. The van der Waals surface area contributed by atoms with Crippen molar-refractivity contribution in [3.63, 3.8) is 0 Å². The highest BCUT2D eigenvalue weighted by Crippen LogP contribution is 2.22. The molecule has 0 atom stereocenters. The van der Waals surface area contributed by atoms with Crippen molar-refractivity contribution in [3.05, 3.63) is 29.8 Å². The van der Waals surface area contributed by atoms with Gasteiger partial charge in [0.2, 0.25) is 11.8 Å². The summed E-state index contributed by atoms with van der Waals surface area (Å²) in [6, 6.07) is 2.64. The van der Waals surface area contributed by atoms with Gasteiger partial charge in [-0.05, 0) is 12.1 Å². The number of amides is 4. The van der Waals surface area contributed by atoms with Crippen LogP contribution in [0.1, 0.15) is 0 Å². The van der Waals surface area contributed by atoms with Gasteiger partial charge in [-0.25, -0.2) is 13.6 Å². The molecule has 118 valence electrons. The molecule has 3 N–H and O–H groups in total. The summed E-state index contributed by atoms with van der Waals surface area (Å²) in [5, 5.41) is 2.27. The van der Waals surface area contributed by atoms with Crippen LogP contribution in [0.15, 0.2) is 18.2 Å². The van der Waals surface area contributed by atoms with Gasteiger partial charge in [-0.2, -0.15) is 0 Å². The second-order valence-corrected chi connectivity index (χ2v) is 4.70. The third-order valence-corrected chi connectivity index (χ3v) is 3.10. The van der Waals surface area contributed by atoms with E-state index in [0.717, 1.165) is 12.1 Å². The van der Waals surface area contributed by atoms with Gasteiger partial charge in [-0.3, -0.25) is 14.5 Å². The van der Waals surface area contributed by atoms with Crippen LogP contribution in [-0.4, -0.2) is 48.9 Å². The Labute approximate surface area is 124 Å². The lowest BCUT2D eigenvalue weighted by Crippen LogP contribution is -2.42. The molecule has 0 bridgehead atoms. The van der Waals surface area contributed by atoms with Gasteiger partial charge < -0.3 is 16.0 Å². The van der Waals surface area contributed by atoms with E-state index >= 15 is 0 Å². The number of carbonyl (C=O) groups excluding carboxylic acids is 3. The van der Waals surface area contributed by atoms with Gasteiger partial charge in [0.05, 0.1) is 6.54 Å². The van der Waals surface area contributed by atoms with Crippen LogP contribution < -0.4 is 16.0 Å². The first-order valence-corrected chi connectivity index (χ1v) is 6.45. The Kier molecular flexibility index (Phi) is 4.54. The lowest BCUT2D eigenvalue weighted by molar-refractivity contribution is -0.125. The van der Waals surface area contributed by atoms with Crippen molar-refractivity contribution in [1.29, 1.82) is 0 Å². The molecule has 1 fully saturated rings. The molecule has 22 heavy (non-hydrogen) atoms. The van der Waals surface area contributed by atoms with E-state index in [1.807, 2.05) is 0 Å². The van der Waals surface area contributed by atoms with Gasteiger partial charge in [0.25, 0.3) is 0 Å². The molecule has 1 heterocycles. The van der Waals surface area contributed by atoms with E-state index in [1.54, 1.807) is 0 Å². The fraction of sp³-hybridized carbons (Fsp3) is 0.308. The molecule has 0 aliphatic carbocycles. The van der Waals surface area contributed by atoms with E-state index in [1.165, 1.54) is 15.9 Å². The molecule has 0 unspecified atom stereocenters. The Hall–Kier alpha value is -2.71. The van der Waals surface area contributed by atoms with E-state index in [0.29, 0.717) is 0 Å². The first-order valence-electron chi connectivity index (χ1n) is 6.45. The Morgan fingerprint density at radius 1 is 1.23 bits per heavy atom. The van der Waals surface area contributed by atoms with Crippen molar-refractivity contribution in [2.45, 2.75) is 0 Å². The molecule has 1 aliphatic heterocycles. The fourth-order valence-corrected chi connectivity index (χ4v) is 2.04. The fourth-order valence-electron chi connectivity index (χ4n) is 2.04. The maximum absolute atomic E-state index is 13.2. The van der Waals surface area contributed by atoms with Gasteiger partial charge in [0, 0.05) is 24.8 Å². The number of hydrogen-bond acceptors (Lipinski definition) is 3. The third-order valence-electron chi connectivity index (χ3n) is 3.10. The number of carbonyl (C=O) groups is 3. The molecule has 7 nitrogen and oxygen atoms in total. The quantitative estimate of drug-likeness (QED) is 0.788. The molecule has 1 saturated heterocycles. The summed E-state index contributed by atoms with van der Waals surface area (Å²) in [5.41, 5.74) is 5.10. The topological polar surface area (TPSA) is 95.7 Å². The van der Waals surface area contributed by atoms with Gasteiger partial charge in [-0.1, -0.05) is 0 Å². The van der Waals surface area contributed by atoms with E-state index in [-0.39, 0.29) is 31.9 Å². The molecule has 0 saturated carbocycles. The summed E-state index contributed by atoms with van der Waals surface area (Å²) in [7, 11) is 0. The molecule has 0 radical (unpaired) electrons. The number of halogens is 2. The zero-order valence-electron chi connectivity index (χ0n) is 11.5. The first-order chi connectivity index (χ1) is 10.4. The van der Waals surface area contributed by atoms with E-state index < -0.39 is 29.5 Å². The van der Waals surface area contributed by atoms with Crippen LogP contribution >= 0.6 is 0 Å². The molecular weight excluding hydrogens is 298 g/mol. The first kappa shape index (κ1) is 15.7. The van der Waals surface area contributed by atoms with Gasteiger partial charge in [0.1, 0.15) is 6.54 Å². The normalized spacial score (nSPS) is 14.4. The second-order valence-electron chi connectivity index (χ2n) is 4.70. The predicted octanol–water partition coefficient (Wildman–Crippen LogP) is -0.192. The summed E-state index contributed by atoms with van der Waals surface area (Å²) >= 11 is 0. The molecule has 1 aliphatic rings. The smallest absolute Gasteiger partial charge is 0.325 e. The summed E-state index contributed by atoms with van der Waals surface area (Å²) in [6.07, 6.45) is 0. The number of rotatable bonds is 5. The maximum Gasteiger partial charge on any atom is 0.325 e. The van der Waals surface area contributed by atoms with E-state index in [2.05, 4.69) is 5.32 Å². The predicted molar refractivity (Wildman–Crippen MR) is 72.9 cm³/mol. The maximum atomic E-state index is 13.2. The molecule has 9 heteroatoms. The van der Waals surface area contributed by atoms with Crippen LogP contribution in [0.2, 0.25) is 0 Å². The summed E-state index contributed by atoms with van der Waals surface area (Å²) in [6.45, 7) is -0.0606. The van der Waals surface area contributed by atoms with Crippen LogP contribution in [0.25, 0.3) is 0 Å². The Morgan fingerprint density at radius 2 is 1.95 bits per heavy atom. The zero-order valence-corrected chi connectivity index (χ0v) is 11.5. The number of nitrogens with zero attached hydrogens (tertiary/aromatic N) is 2. The molecule has 4 amide bonds. The van der Waals surface area contributed by atoms with Crippen LogP contribution in [0.5, 0.6) is 0 Å². The summed E-state index contributed by atoms with van der Waals surface area (Å²) in [4.78, 5) is 36.7. The average Bonchev–Trinajstić information content (AvgIpc) is 2.81. The summed E-state index contributed by atoms with van der Waals surface area (Å²) in [5.74, 6) is -3.27. The molecule has 0 spiro atoms. The average molecular weight is 312 g/mol. The molecule has 1 aromatic rings. The number of urea groups is 1. The highest BCUT2D eigenvalue weighted by atomic mass is 19.2. The minimum Gasteiger partial charge on any atom is -0.368 e. The lowest BCUT2D eigenvalue weighted by atomic mass is 10.3. The van der Waals surface area contributed by atoms with E-state index in [9.17, 15) is 23.2 Å². The van der Waals surface area contributed by atoms with Crippen LogP contribution in [-0.2, 0) is 9.59 Å². The van der Waals surface area contributed by atoms with Crippen molar-refractivity contribution in [2.75, 3.05) is 31.1 Å². The van der Waals surface area contributed by atoms with Crippen LogP contribution in [0.3, 0.4) is 0 Å². The van der Waals surface area contributed by atoms with Crippen molar-refractivity contribution in [2.24, 2.45) is 5.73 Å². The Bertz CT molecular complexity index is 623. The summed E-state index contributed by atoms with van der Waals surface area (Å²) < 4.78 is 26.1. The lowest BCUT2D eigenvalue weighted by Gasteiger charge is -2.18. The number of anilines is 1. The second kappa shape index (κ2) is 6.37. The largest absolute Gasteiger partial charge is 0.368 e. The van der Waals surface area contributed by atoms with Crippen LogP contribution in [0, 0.1) is 11.6 Å². The monoisotopic (exact) mass is 312 g/mol. The number of primary amides is 1. The molecule has 0 aromatic heterocycles. The van der Waals surface area contributed by atoms with Crippen molar-refractivity contribution in [1.82, 2.24) is 10.2 Å². The Morgan fingerprint density at radius 3 is 2.59 bits per heavy atom. The molecule has 2 rings (SSSR count). The minimum absolute atomic E-state index is 0.212.